The first-order valence-corrected chi connectivity index (χ1v) is 7.06. The number of nitrogens with zero attached hydrogens (tertiary/aromatic N) is 1. The van der Waals surface area contributed by atoms with Gasteiger partial charge in [-0.2, -0.15) is 0 Å². The van der Waals surface area contributed by atoms with Crippen LogP contribution in [0.5, 0.6) is 0 Å². The zero-order chi connectivity index (χ0) is 11.0. The molecule has 0 radical (unpaired) electrons. The highest BCUT2D eigenvalue weighted by molar-refractivity contribution is 7.88. The summed E-state index contributed by atoms with van der Waals surface area (Å²) in [5, 5.41) is 0. The average molecular weight is 219 g/mol. The van der Waals surface area contributed by atoms with Crippen LogP contribution in [-0.2, 0) is 10.0 Å². The van der Waals surface area contributed by atoms with E-state index in [0.29, 0.717) is 24.4 Å². The Hall–Kier alpha value is -0.0900. The Labute approximate surface area is 87.5 Å². The van der Waals surface area contributed by atoms with Crippen molar-refractivity contribution in [3.05, 3.63) is 0 Å². The van der Waals surface area contributed by atoms with Crippen LogP contribution in [-0.4, -0.2) is 32.1 Å². The van der Waals surface area contributed by atoms with Crippen LogP contribution in [0.3, 0.4) is 0 Å². The molecule has 84 valence electrons. The lowest BCUT2D eigenvalue weighted by Crippen LogP contribution is -2.43. The Morgan fingerprint density at radius 3 is 1.93 bits per heavy atom. The van der Waals surface area contributed by atoms with E-state index in [1.54, 1.807) is 4.31 Å². The number of hydrogen-bond donors (Lipinski definition) is 0. The highest BCUT2D eigenvalue weighted by atomic mass is 32.2. The average Bonchev–Trinajstić information content (AvgIpc) is 2.03. The van der Waals surface area contributed by atoms with Gasteiger partial charge in [0.15, 0.2) is 0 Å². The molecule has 0 aromatic rings. The van der Waals surface area contributed by atoms with Crippen molar-refractivity contribution in [3.8, 4) is 0 Å². The van der Waals surface area contributed by atoms with Crippen molar-refractivity contribution in [2.24, 2.45) is 11.3 Å². The van der Waals surface area contributed by atoms with E-state index in [-0.39, 0.29) is 0 Å². The van der Waals surface area contributed by atoms with Gasteiger partial charge in [0.05, 0.1) is 6.26 Å². The van der Waals surface area contributed by atoms with Crippen LogP contribution in [0.25, 0.3) is 0 Å². The predicted octanol–water partition coefficient (Wildman–Crippen LogP) is 1.70. The number of sulfonamides is 1. The van der Waals surface area contributed by atoms with E-state index in [9.17, 15) is 8.42 Å². The molecule has 3 nitrogen and oxygen atoms in total. The third-order valence-corrected chi connectivity index (χ3v) is 5.03. The van der Waals surface area contributed by atoms with Gasteiger partial charge in [0, 0.05) is 13.1 Å². The molecule has 1 heterocycles. The third-order valence-electron chi connectivity index (χ3n) is 3.73. The number of piperidine rings is 1. The van der Waals surface area contributed by atoms with Crippen molar-refractivity contribution in [3.63, 3.8) is 0 Å². The lowest BCUT2D eigenvalue weighted by Gasteiger charge is -2.41. The van der Waals surface area contributed by atoms with Gasteiger partial charge in [-0.3, -0.25) is 0 Å². The molecule has 1 saturated heterocycles. The fourth-order valence-corrected chi connectivity index (χ4v) is 2.75. The molecule has 1 rings (SSSR count). The van der Waals surface area contributed by atoms with Crippen LogP contribution in [0.1, 0.15) is 33.6 Å². The summed E-state index contributed by atoms with van der Waals surface area (Å²) < 4.78 is 24.2. The van der Waals surface area contributed by atoms with Crippen molar-refractivity contribution in [2.75, 3.05) is 19.3 Å². The molecular formula is C10H21NO2S. The molecule has 14 heavy (non-hydrogen) atoms. The van der Waals surface area contributed by atoms with Crippen molar-refractivity contribution in [1.82, 2.24) is 4.31 Å². The van der Waals surface area contributed by atoms with Gasteiger partial charge in [0.25, 0.3) is 0 Å². The van der Waals surface area contributed by atoms with Crippen LogP contribution < -0.4 is 0 Å². The van der Waals surface area contributed by atoms with Gasteiger partial charge in [0.2, 0.25) is 10.0 Å². The lowest BCUT2D eigenvalue weighted by molar-refractivity contribution is 0.118. The number of hydrogen-bond acceptors (Lipinski definition) is 2. The molecule has 0 atom stereocenters. The second-order valence-corrected chi connectivity index (χ2v) is 6.95. The zero-order valence-corrected chi connectivity index (χ0v) is 10.4. The minimum Gasteiger partial charge on any atom is -0.213 e. The largest absolute Gasteiger partial charge is 0.213 e. The Morgan fingerprint density at radius 1 is 1.21 bits per heavy atom. The fraction of sp³-hybridized carbons (Fsp3) is 1.00. The van der Waals surface area contributed by atoms with Gasteiger partial charge in [0.1, 0.15) is 0 Å². The Morgan fingerprint density at radius 2 is 1.64 bits per heavy atom. The molecule has 4 heteroatoms. The molecule has 1 fully saturated rings. The SMILES string of the molecule is CC(C)C1(C)CCN(S(C)(=O)=O)CC1. The Kier molecular flexibility index (Phi) is 3.26. The zero-order valence-electron chi connectivity index (χ0n) is 9.58. The summed E-state index contributed by atoms with van der Waals surface area (Å²) in [5.74, 6) is 0.629. The molecule has 0 N–H and O–H groups in total. The first-order chi connectivity index (χ1) is 6.26. The molecule has 0 unspecified atom stereocenters. The fourth-order valence-electron chi connectivity index (χ4n) is 1.91. The smallest absolute Gasteiger partial charge is 0.211 e. The minimum absolute atomic E-state index is 0.321. The highest BCUT2D eigenvalue weighted by Crippen LogP contribution is 2.38. The van der Waals surface area contributed by atoms with Crippen LogP contribution in [0.2, 0.25) is 0 Å². The van der Waals surface area contributed by atoms with E-state index < -0.39 is 10.0 Å². The summed E-state index contributed by atoms with van der Waals surface area (Å²) in [4.78, 5) is 0. The van der Waals surface area contributed by atoms with Gasteiger partial charge in [-0.15, -0.1) is 0 Å². The maximum absolute atomic E-state index is 11.3. The van der Waals surface area contributed by atoms with Crippen molar-refractivity contribution in [1.29, 1.82) is 0 Å². The van der Waals surface area contributed by atoms with Crippen molar-refractivity contribution in [2.45, 2.75) is 33.6 Å². The lowest BCUT2D eigenvalue weighted by atomic mass is 9.72. The summed E-state index contributed by atoms with van der Waals surface area (Å²) in [6.45, 7) is 8.07. The highest BCUT2D eigenvalue weighted by Gasteiger charge is 2.35. The molecule has 1 aliphatic heterocycles. The molecule has 0 aromatic carbocycles. The predicted molar refractivity (Wildman–Crippen MR) is 58.6 cm³/mol. The van der Waals surface area contributed by atoms with E-state index in [4.69, 9.17) is 0 Å². The van der Waals surface area contributed by atoms with Gasteiger partial charge in [-0.25, -0.2) is 12.7 Å². The molecule has 1 aliphatic rings. The Bertz CT molecular complexity index is 287. The number of rotatable bonds is 2. The molecule has 0 spiro atoms. The van der Waals surface area contributed by atoms with Gasteiger partial charge < -0.3 is 0 Å². The summed E-state index contributed by atoms with van der Waals surface area (Å²) in [6, 6.07) is 0. The quantitative estimate of drug-likeness (QED) is 0.709. The molecular weight excluding hydrogens is 198 g/mol. The summed E-state index contributed by atoms with van der Waals surface area (Å²) in [6.07, 6.45) is 3.26. The molecule has 0 saturated carbocycles. The molecule has 0 aromatic heterocycles. The standard InChI is InChI=1S/C10H21NO2S/c1-9(2)10(3)5-7-11(8-6-10)14(4,12)13/h9H,5-8H2,1-4H3. The summed E-state index contributed by atoms with van der Waals surface area (Å²) in [7, 11) is -2.97. The Balaban J connectivity index is 2.63. The molecule has 0 aliphatic carbocycles. The molecule has 0 amide bonds. The van der Waals surface area contributed by atoms with E-state index in [2.05, 4.69) is 20.8 Å². The van der Waals surface area contributed by atoms with Gasteiger partial charge >= 0.3 is 0 Å². The summed E-state index contributed by atoms with van der Waals surface area (Å²) in [5.41, 5.74) is 0.321. The van der Waals surface area contributed by atoms with E-state index in [1.807, 2.05) is 0 Å². The van der Waals surface area contributed by atoms with E-state index in [1.165, 1.54) is 6.26 Å². The monoisotopic (exact) mass is 219 g/mol. The van der Waals surface area contributed by atoms with Crippen LogP contribution in [0.4, 0.5) is 0 Å². The summed E-state index contributed by atoms with van der Waals surface area (Å²) >= 11 is 0. The second kappa shape index (κ2) is 3.81. The van der Waals surface area contributed by atoms with E-state index in [0.717, 1.165) is 12.8 Å². The van der Waals surface area contributed by atoms with Crippen molar-refractivity contribution >= 4 is 10.0 Å². The van der Waals surface area contributed by atoms with Crippen LogP contribution in [0, 0.1) is 11.3 Å². The maximum Gasteiger partial charge on any atom is 0.211 e. The topological polar surface area (TPSA) is 37.4 Å². The molecule has 0 bridgehead atoms. The van der Waals surface area contributed by atoms with Crippen LogP contribution in [0.15, 0.2) is 0 Å². The van der Waals surface area contributed by atoms with E-state index >= 15 is 0 Å². The maximum atomic E-state index is 11.3. The first kappa shape index (κ1) is 12.0. The third kappa shape index (κ3) is 2.48. The normalized spacial score (nSPS) is 24.1. The van der Waals surface area contributed by atoms with Crippen LogP contribution >= 0.6 is 0 Å². The van der Waals surface area contributed by atoms with Gasteiger partial charge in [-0.1, -0.05) is 20.8 Å². The van der Waals surface area contributed by atoms with Gasteiger partial charge in [-0.05, 0) is 24.2 Å². The first-order valence-electron chi connectivity index (χ1n) is 5.21. The van der Waals surface area contributed by atoms with Crippen molar-refractivity contribution < 1.29 is 8.42 Å². The minimum atomic E-state index is -2.97. The second-order valence-electron chi connectivity index (χ2n) is 4.97.